The van der Waals surface area contributed by atoms with Crippen molar-refractivity contribution in [2.24, 2.45) is 11.8 Å². The molecule has 2 fully saturated rings. The highest BCUT2D eigenvalue weighted by atomic mass is 16.5. The summed E-state index contributed by atoms with van der Waals surface area (Å²) in [5, 5.41) is 18.5. The minimum absolute atomic E-state index is 0.285. The van der Waals surface area contributed by atoms with Gasteiger partial charge in [0.25, 0.3) is 0 Å². The summed E-state index contributed by atoms with van der Waals surface area (Å²) in [6, 6.07) is 6.72. The molecule has 7 heteroatoms. The minimum atomic E-state index is 0.285. The second kappa shape index (κ2) is 6.48. The zero-order valence-electron chi connectivity index (χ0n) is 14.6. The van der Waals surface area contributed by atoms with Gasteiger partial charge in [0, 0.05) is 55.2 Å². The highest BCUT2D eigenvalue weighted by molar-refractivity contribution is 5.87. The molecular formula is C18H24N6O. The molecule has 0 unspecified atom stereocenters. The van der Waals surface area contributed by atoms with Crippen LogP contribution in [0.15, 0.2) is 22.7 Å². The summed E-state index contributed by atoms with van der Waals surface area (Å²) >= 11 is 0. The van der Waals surface area contributed by atoms with E-state index in [1.807, 2.05) is 18.2 Å². The summed E-state index contributed by atoms with van der Waals surface area (Å²) in [6.07, 6.45) is 1.35. The lowest BCUT2D eigenvalue weighted by Gasteiger charge is -2.13. The van der Waals surface area contributed by atoms with Crippen LogP contribution in [-0.2, 0) is 0 Å². The topological polar surface area (TPSA) is 90.1 Å². The Labute approximate surface area is 147 Å². The van der Waals surface area contributed by atoms with Gasteiger partial charge in [0.15, 0.2) is 0 Å². The van der Waals surface area contributed by atoms with E-state index in [1.165, 1.54) is 6.21 Å². The fourth-order valence-electron chi connectivity index (χ4n) is 3.73. The number of aromatic nitrogens is 2. The summed E-state index contributed by atoms with van der Waals surface area (Å²) in [5.74, 6) is 1.96. The predicted octanol–water partition coefficient (Wildman–Crippen LogP) is 2.21. The molecule has 1 aromatic carbocycles. The maximum absolute atomic E-state index is 7.56. The van der Waals surface area contributed by atoms with Gasteiger partial charge in [-0.1, -0.05) is 17.3 Å². The Hall–Kier alpha value is -2.41. The monoisotopic (exact) mass is 340 g/mol. The van der Waals surface area contributed by atoms with Crippen LogP contribution in [-0.4, -0.2) is 48.6 Å². The number of hydrogen-bond acceptors (Lipinski definition) is 7. The van der Waals surface area contributed by atoms with Crippen LogP contribution in [0.4, 0.5) is 11.7 Å². The largest absolute Gasteiger partial charge is 0.382 e. The molecule has 0 aliphatic carbocycles. The van der Waals surface area contributed by atoms with E-state index in [-0.39, 0.29) is 6.04 Å². The van der Waals surface area contributed by atoms with Crippen LogP contribution < -0.4 is 15.5 Å². The average Bonchev–Trinajstić information content (AvgIpc) is 3.29. The normalized spacial score (nSPS) is 22.4. The molecule has 0 saturated carbocycles. The molecule has 0 radical (unpaired) electrons. The second-order valence-corrected chi connectivity index (χ2v) is 7.23. The molecule has 4 rings (SSSR count). The van der Waals surface area contributed by atoms with Gasteiger partial charge in [-0.05, 0) is 31.7 Å². The molecule has 7 nitrogen and oxygen atoms in total. The van der Waals surface area contributed by atoms with Crippen LogP contribution in [0.5, 0.6) is 0 Å². The van der Waals surface area contributed by atoms with Gasteiger partial charge in [0.2, 0.25) is 5.82 Å². The molecule has 132 valence electrons. The number of anilines is 2. The van der Waals surface area contributed by atoms with Crippen LogP contribution in [0.1, 0.15) is 19.4 Å². The fraction of sp³-hybridized carbons (Fsp3) is 0.500. The van der Waals surface area contributed by atoms with Crippen LogP contribution in [0, 0.1) is 17.2 Å². The fourth-order valence-corrected chi connectivity index (χ4v) is 3.73. The number of fused-ring (bicyclic) bond motifs is 1. The molecule has 25 heavy (non-hydrogen) atoms. The minimum Gasteiger partial charge on any atom is -0.382 e. The molecule has 0 spiro atoms. The number of hydrogen-bond donors (Lipinski definition) is 3. The van der Waals surface area contributed by atoms with Crippen molar-refractivity contribution in [3.8, 4) is 11.4 Å². The van der Waals surface area contributed by atoms with Gasteiger partial charge in [-0.25, -0.2) is 0 Å². The SMILES string of the molecule is CC(C)Nc1cc(-c2noc(N3C[C@@H]4CNC[C@H]4C3)n2)ccc1C=N. The zero-order chi connectivity index (χ0) is 17.4. The molecule has 3 N–H and O–H groups in total. The Morgan fingerprint density at radius 3 is 2.76 bits per heavy atom. The third-order valence-corrected chi connectivity index (χ3v) is 4.99. The van der Waals surface area contributed by atoms with Crippen LogP contribution in [0.25, 0.3) is 11.4 Å². The lowest BCUT2D eigenvalue weighted by atomic mass is 10.0. The maximum Gasteiger partial charge on any atom is 0.324 e. The highest BCUT2D eigenvalue weighted by Crippen LogP contribution is 2.31. The van der Waals surface area contributed by atoms with Crippen molar-refractivity contribution in [3.05, 3.63) is 23.8 Å². The first kappa shape index (κ1) is 16.1. The Balaban J connectivity index is 1.56. The molecule has 1 aromatic heterocycles. The molecule has 2 atom stereocenters. The molecule has 0 bridgehead atoms. The van der Waals surface area contributed by atoms with Gasteiger partial charge < -0.3 is 25.5 Å². The number of benzene rings is 1. The first-order chi connectivity index (χ1) is 12.1. The van der Waals surface area contributed by atoms with E-state index in [2.05, 4.69) is 39.5 Å². The molecule has 2 aliphatic heterocycles. The Bertz CT molecular complexity index is 759. The van der Waals surface area contributed by atoms with Crippen molar-refractivity contribution in [1.82, 2.24) is 15.5 Å². The highest BCUT2D eigenvalue weighted by Gasteiger charge is 2.38. The molecule has 2 aromatic rings. The van der Waals surface area contributed by atoms with Gasteiger partial charge in [0.05, 0.1) is 0 Å². The number of nitrogens with one attached hydrogen (secondary N) is 3. The van der Waals surface area contributed by atoms with Gasteiger partial charge in [-0.3, -0.25) is 0 Å². The summed E-state index contributed by atoms with van der Waals surface area (Å²) in [6.45, 7) is 8.27. The van der Waals surface area contributed by atoms with Crippen molar-refractivity contribution in [1.29, 1.82) is 5.41 Å². The second-order valence-electron chi connectivity index (χ2n) is 7.23. The van der Waals surface area contributed by atoms with Crippen LogP contribution >= 0.6 is 0 Å². The first-order valence-corrected chi connectivity index (χ1v) is 8.85. The third kappa shape index (κ3) is 3.11. The van der Waals surface area contributed by atoms with Gasteiger partial charge in [-0.15, -0.1) is 0 Å². The lowest BCUT2D eigenvalue weighted by Crippen LogP contribution is -2.25. The lowest BCUT2D eigenvalue weighted by molar-refractivity contribution is 0.417. The summed E-state index contributed by atoms with van der Waals surface area (Å²) in [5.41, 5.74) is 2.65. The molecule has 3 heterocycles. The Kier molecular flexibility index (Phi) is 4.17. The van der Waals surface area contributed by atoms with Crippen LogP contribution in [0.3, 0.4) is 0 Å². The van der Waals surface area contributed by atoms with E-state index in [0.29, 0.717) is 23.7 Å². The smallest absolute Gasteiger partial charge is 0.324 e. The number of nitrogens with zero attached hydrogens (tertiary/aromatic N) is 3. The standard InChI is InChI=1S/C18H24N6O/c1-11(2)21-16-5-12(3-4-13(16)6-19)17-22-18(25-23-17)24-9-14-7-20-8-15(14)10-24/h3-6,11,14-15,19-21H,7-10H2,1-2H3/t14-,15-/m0/s1. The van der Waals surface area contributed by atoms with E-state index < -0.39 is 0 Å². The Morgan fingerprint density at radius 1 is 1.32 bits per heavy atom. The van der Waals surface area contributed by atoms with Gasteiger partial charge in [-0.2, -0.15) is 4.98 Å². The van der Waals surface area contributed by atoms with Crippen molar-refractivity contribution < 1.29 is 4.52 Å². The summed E-state index contributed by atoms with van der Waals surface area (Å²) in [4.78, 5) is 6.81. The third-order valence-electron chi connectivity index (χ3n) is 4.99. The number of rotatable bonds is 5. The van der Waals surface area contributed by atoms with E-state index >= 15 is 0 Å². The van der Waals surface area contributed by atoms with E-state index in [0.717, 1.165) is 43.0 Å². The molecule has 0 amide bonds. The maximum atomic E-state index is 7.56. The molecule has 2 aliphatic rings. The first-order valence-electron chi connectivity index (χ1n) is 8.85. The van der Waals surface area contributed by atoms with Crippen LogP contribution in [0.2, 0.25) is 0 Å². The molecular weight excluding hydrogens is 316 g/mol. The van der Waals surface area contributed by atoms with Gasteiger partial charge >= 0.3 is 6.01 Å². The predicted molar refractivity (Wildman–Crippen MR) is 98.4 cm³/mol. The van der Waals surface area contributed by atoms with Gasteiger partial charge in [0.1, 0.15) is 0 Å². The summed E-state index contributed by atoms with van der Waals surface area (Å²) < 4.78 is 5.52. The van der Waals surface area contributed by atoms with Crippen molar-refractivity contribution >= 4 is 17.9 Å². The summed E-state index contributed by atoms with van der Waals surface area (Å²) in [7, 11) is 0. The quantitative estimate of drug-likeness (QED) is 0.723. The zero-order valence-corrected chi connectivity index (χ0v) is 14.6. The van der Waals surface area contributed by atoms with E-state index in [9.17, 15) is 0 Å². The van der Waals surface area contributed by atoms with E-state index in [4.69, 9.17) is 9.93 Å². The van der Waals surface area contributed by atoms with Crippen molar-refractivity contribution in [2.75, 3.05) is 36.4 Å². The Morgan fingerprint density at radius 2 is 2.08 bits per heavy atom. The van der Waals surface area contributed by atoms with E-state index in [1.54, 1.807) is 0 Å². The molecule has 2 saturated heterocycles. The van der Waals surface area contributed by atoms with Crippen molar-refractivity contribution in [2.45, 2.75) is 19.9 Å². The van der Waals surface area contributed by atoms with Crippen molar-refractivity contribution in [3.63, 3.8) is 0 Å². The average molecular weight is 340 g/mol.